The third kappa shape index (κ3) is 3.33. The predicted octanol–water partition coefficient (Wildman–Crippen LogP) is 3.61. The van der Waals surface area contributed by atoms with Crippen LogP contribution in [-0.4, -0.2) is 30.6 Å². The van der Waals surface area contributed by atoms with Crippen molar-refractivity contribution in [3.63, 3.8) is 0 Å². The molecule has 0 unspecified atom stereocenters. The number of ether oxygens (including phenoxy) is 2. The van der Waals surface area contributed by atoms with E-state index in [-0.39, 0.29) is 18.2 Å². The molecule has 3 rings (SSSR count). The lowest BCUT2D eigenvalue weighted by molar-refractivity contribution is 0.0522. The van der Waals surface area contributed by atoms with Gasteiger partial charge in [-0.3, -0.25) is 4.79 Å². The van der Waals surface area contributed by atoms with E-state index in [9.17, 15) is 9.59 Å². The fourth-order valence-electron chi connectivity index (χ4n) is 2.56. The van der Waals surface area contributed by atoms with E-state index in [1.54, 1.807) is 56.5 Å². The number of benzene rings is 2. The molecule has 25 heavy (non-hydrogen) atoms. The molecule has 0 aliphatic carbocycles. The monoisotopic (exact) mass is 338 g/mol. The van der Waals surface area contributed by atoms with Crippen molar-refractivity contribution in [3.8, 4) is 5.75 Å². The van der Waals surface area contributed by atoms with Crippen LogP contribution in [0.1, 0.15) is 27.8 Å². The fraction of sp³-hybridized carbons (Fsp3) is 0.158. The summed E-state index contributed by atoms with van der Waals surface area (Å²) in [6, 6.07) is 14.1. The van der Waals surface area contributed by atoms with Crippen molar-refractivity contribution in [3.05, 3.63) is 59.8 Å². The minimum Gasteiger partial charge on any atom is -0.497 e. The van der Waals surface area contributed by atoms with E-state index in [0.717, 1.165) is 0 Å². The summed E-state index contributed by atoms with van der Waals surface area (Å²) in [6.45, 7) is 1.97. The first kappa shape index (κ1) is 16.6. The van der Waals surface area contributed by atoms with Crippen molar-refractivity contribution in [1.82, 2.24) is 4.98 Å². The third-order valence-electron chi connectivity index (χ3n) is 3.76. The Balaban J connectivity index is 2.07. The highest BCUT2D eigenvalue weighted by Gasteiger charge is 2.21. The second kappa shape index (κ2) is 7.09. The van der Waals surface area contributed by atoms with Gasteiger partial charge in [-0.15, -0.1) is 0 Å². The Bertz CT molecular complexity index is 916. The predicted molar refractivity (Wildman–Crippen MR) is 95.2 cm³/mol. The van der Waals surface area contributed by atoms with Crippen molar-refractivity contribution in [1.29, 1.82) is 0 Å². The Morgan fingerprint density at radius 2 is 1.88 bits per heavy atom. The molecular weight excluding hydrogens is 320 g/mol. The minimum atomic E-state index is -0.527. The van der Waals surface area contributed by atoms with Crippen LogP contribution >= 0.6 is 0 Å². The maximum Gasteiger partial charge on any atom is 0.356 e. The summed E-state index contributed by atoms with van der Waals surface area (Å²) in [7, 11) is 1.56. The first-order valence-electron chi connectivity index (χ1n) is 7.87. The molecule has 2 aromatic carbocycles. The molecule has 0 bridgehead atoms. The molecule has 6 heteroatoms. The van der Waals surface area contributed by atoms with Crippen LogP contribution in [0, 0.1) is 0 Å². The molecule has 128 valence electrons. The number of amides is 1. The number of carbonyl (C=O) groups is 2. The van der Waals surface area contributed by atoms with Gasteiger partial charge < -0.3 is 19.8 Å². The minimum absolute atomic E-state index is 0.203. The average Bonchev–Trinajstić information content (AvgIpc) is 3.00. The van der Waals surface area contributed by atoms with Gasteiger partial charge in [0.05, 0.1) is 19.4 Å². The van der Waals surface area contributed by atoms with Gasteiger partial charge in [0.1, 0.15) is 11.4 Å². The first-order chi connectivity index (χ1) is 12.1. The van der Waals surface area contributed by atoms with Crippen LogP contribution in [0.5, 0.6) is 5.75 Å². The SMILES string of the molecule is CCOC(=O)c1[nH]c2ccc(OC)cc2c1NC(=O)c1ccccc1. The van der Waals surface area contributed by atoms with Gasteiger partial charge in [-0.1, -0.05) is 18.2 Å². The van der Waals surface area contributed by atoms with Crippen LogP contribution in [0.4, 0.5) is 5.69 Å². The fourth-order valence-corrected chi connectivity index (χ4v) is 2.56. The van der Waals surface area contributed by atoms with Crippen LogP contribution in [0.15, 0.2) is 48.5 Å². The highest BCUT2D eigenvalue weighted by atomic mass is 16.5. The molecule has 1 amide bonds. The largest absolute Gasteiger partial charge is 0.497 e. The van der Waals surface area contributed by atoms with E-state index >= 15 is 0 Å². The number of anilines is 1. The molecular formula is C19H18N2O4. The van der Waals surface area contributed by atoms with Crippen LogP contribution in [-0.2, 0) is 4.74 Å². The number of hydrogen-bond acceptors (Lipinski definition) is 4. The zero-order valence-corrected chi connectivity index (χ0v) is 14.0. The van der Waals surface area contributed by atoms with E-state index in [4.69, 9.17) is 9.47 Å². The topological polar surface area (TPSA) is 80.4 Å². The summed E-state index contributed by atoms with van der Waals surface area (Å²) in [6.07, 6.45) is 0. The maximum absolute atomic E-state index is 12.5. The number of aromatic nitrogens is 1. The Hall–Kier alpha value is -3.28. The molecule has 0 radical (unpaired) electrons. The van der Waals surface area contributed by atoms with Crippen LogP contribution in [0.3, 0.4) is 0 Å². The van der Waals surface area contributed by atoms with Gasteiger partial charge >= 0.3 is 5.97 Å². The number of nitrogens with one attached hydrogen (secondary N) is 2. The Labute approximate surface area is 144 Å². The zero-order chi connectivity index (χ0) is 17.8. The second-order valence-electron chi connectivity index (χ2n) is 5.33. The number of rotatable bonds is 5. The van der Waals surface area contributed by atoms with Crippen molar-refractivity contribution in [2.45, 2.75) is 6.92 Å². The molecule has 1 heterocycles. The van der Waals surface area contributed by atoms with Crippen molar-refractivity contribution in [2.24, 2.45) is 0 Å². The summed E-state index contributed by atoms with van der Waals surface area (Å²) in [5, 5.41) is 3.49. The summed E-state index contributed by atoms with van der Waals surface area (Å²) in [4.78, 5) is 27.8. The number of hydrogen-bond donors (Lipinski definition) is 2. The standard InChI is InChI=1S/C19H18N2O4/c1-3-25-19(23)17-16(21-18(22)12-7-5-4-6-8-12)14-11-13(24-2)9-10-15(14)20-17/h4-11,20H,3H2,1-2H3,(H,21,22). The number of methoxy groups -OCH3 is 1. The Kier molecular flexibility index (Phi) is 4.70. The second-order valence-corrected chi connectivity index (χ2v) is 5.33. The quantitative estimate of drug-likeness (QED) is 0.697. The smallest absolute Gasteiger partial charge is 0.356 e. The molecule has 0 aliphatic heterocycles. The molecule has 1 aromatic heterocycles. The lowest BCUT2D eigenvalue weighted by atomic mass is 10.1. The van der Waals surface area contributed by atoms with E-state index in [0.29, 0.717) is 27.9 Å². The zero-order valence-electron chi connectivity index (χ0n) is 14.0. The Morgan fingerprint density at radius 1 is 1.12 bits per heavy atom. The average molecular weight is 338 g/mol. The number of esters is 1. The number of fused-ring (bicyclic) bond motifs is 1. The molecule has 0 aliphatic rings. The summed E-state index contributed by atoms with van der Waals surface area (Å²) in [5.41, 5.74) is 1.78. The van der Waals surface area contributed by atoms with E-state index in [2.05, 4.69) is 10.3 Å². The third-order valence-corrected chi connectivity index (χ3v) is 3.76. The van der Waals surface area contributed by atoms with E-state index in [1.165, 1.54) is 0 Å². The van der Waals surface area contributed by atoms with Gasteiger partial charge in [-0.05, 0) is 37.3 Å². The number of carbonyl (C=O) groups excluding carboxylic acids is 2. The van der Waals surface area contributed by atoms with Crippen molar-refractivity contribution >= 4 is 28.5 Å². The molecule has 6 nitrogen and oxygen atoms in total. The molecule has 0 saturated heterocycles. The van der Waals surface area contributed by atoms with E-state index in [1.807, 2.05) is 6.07 Å². The summed E-state index contributed by atoms with van der Waals surface area (Å²) >= 11 is 0. The highest BCUT2D eigenvalue weighted by Crippen LogP contribution is 2.31. The molecule has 0 spiro atoms. The van der Waals surface area contributed by atoms with Crippen molar-refractivity contribution < 1.29 is 19.1 Å². The van der Waals surface area contributed by atoms with Gasteiger partial charge in [-0.2, -0.15) is 0 Å². The first-order valence-corrected chi connectivity index (χ1v) is 7.87. The lowest BCUT2D eigenvalue weighted by Gasteiger charge is -2.08. The van der Waals surface area contributed by atoms with Gasteiger partial charge in [0.2, 0.25) is 0 Å². The summed E-state index contributed by atoms with van der Waals surface area (Å²) in [5.74, 6) is -0.215. The maximum atomic E-state index is 12.5. The molecule has 3 aromatic rings. The van der Waals surface area contributed by atoms with Crippen LogP contribution < -0.4 is 10.1 Å². The summed E-state index contributed by atoms with van der Waals surface area (Å²) < 4.78 is 10.3. The normalized spacial score (nSPS) is 10.5. The number of H-pyrrole nitrogens is 1. The van der Waals surface area contributed by atoms with Gasteiger partial charge in [0, 0.05) is 16.5 Å². The molecule has 0 saturated carbocycles. The van der Waals surface area contributed by atoms with Gasteiger partial charge in [0.15, 0.2) is 0 Å². The van der Waals surface area contributed by atoms with Gasteiger partial charge in [0.25, 0.3) is 5.91 Å². The molecule has 0 atom stereocenters. The van der Waals surface area contributed by atoms with Crippen LogP contribution in [0.25, 0.3) is 10.9 Å². The lowest BCUT2D eigenvalue weighted by Crippen LogP contribution is -2.15. The van der Waals surface area contributed by atoms with E-state index < -0.39 is 5.97 Å². The van der Waals surface area contributed by atoms with Gasteiger partial charge in [-0.25, -0.2) is 4.79 Å². The highest BCUT2D eigenvalue weighted by molar-refractivity contribution is 6.14. The molecule has 2 N–H and O–H groups in total. The Morgan fingerprint density at radius 3 is 2.56 bits per heavy atom. The molecule has 0 fully saturated rings. The van der Waals surface area contributed by atoms with Crippen LogP contribution in [0.2, 0.25) is 0 Å². The van der Waals surface area contributed by atoms with Crippen molar-refractivity contribution in [2.75, 3.05) is 19.0 Å². The number of aromatic amines is 1.